The summed E-state index contributed by atoms with van der Waals surface area (Å²) in [5.74, 6) is 0.618. The zero-order valence-electron chi connectivity index (χ0n) is 13.2. The van der Waals surface area contributed by atoms with Crippen molar-refractivity contribution in [3.63, 3.8) is 0 Å². The highest BCUT2D eigenvalue weighted by Crippen LogP contribution is 2.19. The van der Waals surface area contributed by atoms with Gasteiger partial charge in [0.25, 0.3) is 0 Å². The maximum atomic E-state index is 11.7. The smallest absolute Gasteiger partial charge is 0.315 e. The first-order valence-electron chi connectivity index (χ1n) is 7.86. The number of hydrogen-bond acceptors (Lipinski definition) is 4. The van der Waals surface area contributed by atoms with E-state index in [1.54, 1.807) is 0 Å². The number of carbonyl (C=O) groups excluding carboxylic acids is 1. The Morgan fingerprint density at radius 2 is 2.13 bits per heavy atom. The molecular weight excluding hydrogens is 294 g/mol. The minimum Gasteiger partial charge on any atom is -0.376 e. The molecule has 1 atom stereocenters. The van der Waals surface area contributed by atoms with Gasteiger partial charge < -0.3 is 19.9 Å². The van der Waals surface area contributed by atoms with E-state index in [4.69, 9.17) is 9.26 Å². The van der Waals surface area contributed by atoms with E-state index in [1.165, 1.54) is 5.56 Å². The standard InChI is InChI=1S/C17H21N3O3/c1-12-4-6-13(7-5-12)16-9-15(23-20-16)11-19-17(21)18-10-14-3-2-8-22-14/h4-7,9,14H,2-3,8,10-11H2,1H3,(H2,18,19,21). The number of urea groups is 1. The largest absolute Gasteiger partial charge is 0.376 e. The van der Waals surface area contributed by atoms with E-state index in [-0.39, 0.29) is 12.1 Å². The van der Waals surface area contributed by atoms with Crippen molar-refractivity contribution in [1.29, 1.82) is 0 Å². The van der Waals surface area contributed by atoms with Crippen LogP contribution >= 0.6 is 0 Å². The molecule has 2 aromatic rings. The first kappa shape index (κ1) is 15.6. The van der Waals surface area contributed by atoms with Gasteiger partial charge in [-0.05, 0) is 19.8 Å². The molecule has 0 spiro atoms. The summed E-state index contributed by atoms with van der Waals surface area (Å²) in [6, 6.07) is 9.66. The highest BCUT2D eigenvalue weighted by atomic mass is 16.5. The van der Waals surface area contributed by atoms with Crippen LogP contribution in [0.5, 0.6) is 0 Å². The molecule has 6 nitrogen and oxygen atoms in total. The number of nitrogens with zero attached hydrogens (tertiary/aromatic N) is 1. The van der Waals surface area contributed by atoms with Crippen LogP contribution in [0.4, 0.5) is 4.79 Å². The van der Waals surface area contributed by atoms with Crippen molar-refractivity contribution in [2.75, 3.05) is 13.2 Å². The molecule has 3 rings (SSSR count). The lowest BCUT2D eigenvalue weighted by molar-refractivity contribution is 0.111. The van der Waals surface area contributed by atoms with Gasteiger partial charge in [-0.15, -0.1) is 0 Å². The van der Waals surface area contributed by atoms with E-state index in [2.05, 4.69) is 15.8 Å². The van der Waals surface area contributed by atoms with Gasteiger partial charge in [-0.1, -0.05) is 35.0 Å². The summed E-state index contributed by atoms with van der Waals surface area (Å²) in [4.78, 5) is 11.7. The van der Waals surface area contributed by atoms with Crippen LogP contribution in [0.2, 0.25) is 0 Å². The molecule has 0 bridgehead atoms. The van der Waals surface area contributed by atoms with E-state index in [0.717, 1.165) is 30.7 Å². The first-order valence-corrected chi connectivity index (χ1v) is 7.86. The summed E-state index contributed by atoms with van der Waals surface area (Å²) in [6.07, 6.45) is 2.20. The second kappa shape index (κ2) is 7.28. The Morgan fingerprint density at radius 3 is 2.87 bits per heavy atom. The van der Waals surface area contributed by atoms with Crippen molar-refractivity contribution < 1.29 is 14.1 Å². The quantitative estimate of drug-likeness (QED) is 0.889. The lowest BCUT2D eigenvalue weighted by Crippen LogP contribution is -2.39. The molecule has 2 N–H and O–H groups in total. The molecule has 122 valence electrons. The predicted octanol–water partition coefficient (Wildman–Crippen LogP) is 2.63. The highest BCUT2D eigenvalue weighted by Gasteiger charge is 2.16. The molecule has 1 aliphatic rings. The molecule has 1 unspecified atom stereocenters. The molecule has 1 fully saturated rings. The van der Waals surface area contributed by atoms with Gasteiger partial charge in [0.1, 0.15) is 5.69 Å². The molecule has 1 aromatic heterocycles. The van der Waals surface area contributed by atoms with Crippen LogP contribution in [0, 0.1) is 6.92 Å². The summed E-state index contributed by atoms with van der Waals surface area (Å²) in [6.45, 7) is 3.66. The van der Waals surface area contributed by atoms with Gasteiger partial charge in [0.2, 0.25) is 0 Å². The third kappa shape index (κ3) is 4.32. The fraction of sp³-hybridized carbons (Fsp3) is 0.412. The van der Waals surface area contributed by atoms with Crippen molar-refractivity contribution in [2.24, 2.45) is 0 Å². The number of rotatable bonds is 5. The minimum absolute atomic E-state index is 0.138. The number of hydrogen-bond donors (Lipinski definition) is 2. The van der Waals surface area contributed by atoms with E-state index >= 15 is 0 Å². The summed E-state index contributed by atoms with van der Waals surface area (Å²) in [7, 11) is 0. The molecule has 0 aliphatic carbocycles. The third-order valence-corrected chi connectivity index (χ3v) is 3.84. The Balaban J connectivity index is 1.47. The molecule has 1 saturated heterocycles. The van der Waals surface area contributed by atoms with Crippen LogP contribution in [-0.4, -0.2) is 30.4 Å². The van der Waals surface area contributed by atoms with Crippen molar-refractivity contribution in [3.05, 3.63) is 41.7 Å². The van der Waals surface area contributed by atoms with Crippen molar-refractivity contribution in [3.8, 4) is 11.3 Å². The van der Waals surface area contributed by atoms with E-state index < -0.39 is 0 Å². The number of carbonyl (C=O) groups is 1. The molecule has 1 aromatic carbocycles. The van der Waals surface area contributed by atoms with Crippen LogP contribution in [0.1, 0.15) is 24.2 Å². The summed E-state index contributed by atoms with van der Waals surface area (Å²) >= 11 is 0. The van der Waals surface area contributed by atoms with Crippen molar-refractivity contribution >= 4 is 6.03 Å². The van der Waals surface area contributed by atoms with Gasteiger partial charge in [-0.2, -0.15) is 0 Å². The maximum Gasteiger partial charge on any atom is 0.315 e. The normalized spacial score (nSPS) is 17.2. The number of ether oxygens (including phenoxy) is 1. The van der Waals surface area contributed by atoms with Gasteiger partial charge in [0, 0.05) is 24.8 Å². The summed E-state index contributed by atoms with van der Waals surface area (Å²) < 4.78 is 10.7. The Bertz CT molecular complexity index is 645. The van der Waals surface area contributed by atoms with E-state index in [9.17, 15) is 4.79 Å². The zero-order chi connectivity index (χ0) is 16.1. The molecule has 0 radical (unpaired) electrons. The number of aryl methyl sites for hydroxylation is 1. The Hall–Kier alpha value is -2.34. The lowest BCUT2D eigenvalue weighted by Gasteiger charge is -2.10. The van der Waals surface area contributed by atoms with Gasteiger partial charge in [0.05, 0.1) is 12.6 Å². The highest BCUT2D eigenvalue weighted by molar-refractivity contribution is 5.73. The molecule has 1 aliphatic heterocycles. The Labute approximate surface area is 135 Å². The third-order valence-electron chi connectivity index (χ3n) is 3.84. The van der Waals surface area contributed by atoms with Crippen LogP contribution in [0.15, 0.2) is 34.9 Å². The fourth-order valence-corrected chi connectivity index (χ4v) is 2.50. The van der Waals surface area contributed by atoms with Crippen molar-refractivity contribution in [1.82, 2.24) is 15.8 Å². The van der Waals surface area contributed by atoms with Gasteiger partial charge in [-0.25, -0.2) is 4.79 Å². The maximum absolute atomic E-state index is 11.7. The van der Waals surface area contributed by atoms with Crippen molar-refractivity contribution in [2.45, 2.75) is 32.4 Å². The molecule has 6 heteroatoms. The molecule has 23 heavy (non-hydrogen) atoms. The number of nitrogens with one attached hydrogen (secondary N) is 2. The lowest BCUT2D eigenvalue weighted by atomic mass is 10.1. The van der Waals surface area contributed by atoms with E-state index in [1.807, 2.05) is 37.3 Å². The molecule has 0 saturated carbocycles. The van der Waals surface area contributed by atoms with E-state index in [0.29, 0.717) is 18.8 Å². The predicted molar refractivity (Wildman–Crippen MR) is 85.9 cm³/mol. The average molecular weight is 315 g/mol. The number of aromatic nitrogens is 1. The monoisotopic (exact) mass is 315 g/mol. The van der Waals surface area contributed by atoms with Gasteiger partial charge >= 0.3 is 6.03 Å². The Morgan fingerprint density at radius 1 is 1.30 bits per heavy atom. The molecule has 2 heterocycles. The second-order valence-corrected chi connectivity index (χ2v) is 5.74. The summed E-state index contributed by atoms with van der Waals surface area (Å²) in [5, 5.41) is 9.60. The van der Waals surface area contributed by atoms with Crippen LogP contribution in [0.3, 0.4) is 0 Å². The van der Waals surface area contributed by atoms with Crippen LogP contribution in [-0.2, 0) is 11.3 Å². The Kier molecular flexibility index (Phi) is 4.92. The van der Waals surface area contributed by atoms with Crippen LogP contribution in [0.25, 0.3) is 11.3 Å². The van der Waals surface area contributed by atoms with Crippen LogP contribution < -0.4 is 10.6 Å². The first-order chi connectivity index (χ1) is 11.2. The molecule has 2 amide bonds. The topological polar surface area (TPSA) is 76.4 Å². The second-order valence-electron chi connectivity index (χ2n) is 5.74. The average Bonchev–Trinajstić information content (AvgIpc) is 3.23. The number of amides is 2. The zero-order valence-corrected chi connectivity index (χ0v) is 13.2. The SMILES string of the molecule is Cc1ccc(-c2cc(CNC(=O)NCC3CCCO3)on2)cc1. The minimum atomic E-state index is -0.228. The van der Waals surface area contributed by atoms with Gasteiger partial charge in [-0.3, -0.25) is 0 Å². The molecular formula is C17H21N3O3. The fourth-order valence-electron chi connectivity index (χ4n) is 2.50. The summed E-state index contributed by atoms with van der Waals surface area (Å²) in [5.41, 5.74) is 2.96. The number of benzene rings is 1. The van der Waals surface area contributed by atoms with Gasteiger partial charge in [0.15, 0.2) is 5.76 Å².